The van der Waals surface area contributed by atoms with Crippen molar-refractivity contribution in [3.8, 4) is 0 Å². The van der Waals surface area contributed by atoms with Crippen molar-refractivity contribution < 1.29 is 23.6 Å². The number of benzene rings is 1. The quantitative estimate of drug-likeness (QED) is 0.771. The third-order valence-corrected chi connectivity index (χ3v) is 3.97. The maximum Gasteiger partial charge on any atom is 0.306 e. The average molecular weight is 372 g/mol. The Kier molecular flexibility index (Phi) is 5.49. The summed E-state index contributed by atoms with van der Waals surface area (Å²) >= 11 is 0. The Morgan fingerprint density at radius 3 is 2.81 bits per heavy atom. The number of carbonyl (C=O) groups excluding carboxylic acids is 3. The summed E-state index contributed by atoms with van der Waals surface area (Å²) in [6, 6.07) is 7.01. The molecule has 1 N–H and O–H groups in total. The summed E-state index contributed by atoms with van der Waals surface area (Å²) in [4.78, 5) is 41.6. The van der Waals surface area contributed by atoms with Gasteiger partial charge in [0.15, 0.2) is 12.4 Å². The first-order chi connectivity index (χ1) is 12.9. The van der Waals surface area contributed by atoms with Gasteiger partial charge in [-0.15, -0.1) is 0 Å². The molecule has 0 radical (unpaired) electrons. The highest BCUT2D eigenvalue weighted by atomic mass is 16.6. The predicted molar refractivity (Wildman–Crippen MR) is 94.8 cm³/mol. The third-order valence-electron chi connectivity index (χ3n) is 3.97. The Labute approximate surface area is 155 Å². The number of aromatic nitrogens is 2. The number of nitrogens with zero attached hydrogens (tertiary/aromatic N) is 3. The molecular weight excluding hydrogens is 352 g/mol. The van der Waals surface area contributed by atoms with Gasteiger partial charge in [0, 0.05) is 12.3 Å². The van der Waals surface area contributed by atoms with E-state index >= 15 is 0 Å². The number of anilines is 2. The first-order valence-corrected chi connectivity index (χ1v) is 8.61. The number of amides is 2. The van der Waals surface area contributed by atoms with Crippen LogP contribution in [0.5, 0.6) is 0 Å². The van der Waals surface area contributed by atoms with E-state index in [2.05, 4.69) is 15.5 Å². The number of rotatable bonds is 6. The van der Waals surface area contributed by atoms with Crippen LogP contribution in [0.4, 0.5) is 11.4 Å². The van der Waals surface area contributed by atoms with E-state index in [0.717, 1.165) is 0 Å². The number of carbonyl (C=O) groups is 3. The molecule has 0 saturated carbocycles. The molecule has 3 rings (SSSR count). The topological polar surface area (TPSA) is 115 Å². The molecule has 9 nitrogen and oxygen atoms in total. The predicted octanol–water partition coefficient (Wildman–Crippen LogP) is 2.00. The van der Waals surface area contributed by atoms with Crippen LogP contribution >= 0.6 is 0 Å². The van der Waals surface area contributed by atoms with E-state index in [4.69, 9.17) is 9.26 Å². The Hall–Kier alpha value is -3.23. The molecule has 0 fully saturated rings. The van der Waals surface area contributed by atoms with Crippen molar-refractivity contribution in [1.29, 1.82) is 0 Å². The van der Waals surface area contributed by atoms with Crippen molar-refractivity contribution in [2.24, 2.45) is 0 Å². The zero-order valence-corrected chi connectivity index (χ0v) is 15.1. The van der Waals surface area contributed by atoms with Crippen LogP contribution in [0.25, 0.3) is 0 Å². The molecule has 2 heterocycles. The van der Waals surface area contributed by atoms with Crippen LogP contribution < -0.4 is 10.2 Å². The minimum absolute atomic E-state index is 0.0679. The second-order valence-corrected chi connectivity index (χ2v) is 6.41. The highest BCUT2D eigenvalue weighted by Gasteiger charge is 2.26. The summed E-state index contributed by atoms with van der Waals surface area (Å²) in [6.07, 6.45) is -0.175. The fraction of sp³-hybridized carbons (Fsp3) is 0.389. The van der Waals surface area contributed by atoms with Gasteiger partial charge in [-0.1, -0.05) is 31.1 Å². The van der Waals surface area contributed by atoms with Gasteiger partial charge in [-0.3, -0.25) is 14.4 Å². The summed E-state index contributed by atoms with van der Waals surface area (Å²) in [5, 5.41) is 6.49. The number of esters is 1. The van der Waals surface area contributed by atoms with Crippen molar-refractivity contribution in [3.63, 3.8) is 0 Å². The molecule has 1 aliphatic rings. The van der Waals surface area contributed by atoms with E-state index in [1.807, 2.05) is 13.8 Å². The summed E-state index contributed by atoms with van der Waals surface area (Å²) in [6.45, 7) is 3.63. The van der Waals surface area contributed by atoms with Gasteiger partial charge in [-0.05, 0) is 12.1 Å². The summed E-state index contributed by atoms with van der Waals surface area (Å²) < 4.78 is 10.1. The second kappa shape index (κ2) is 7.98. The third kappa shape index (κ3) is 4.49. The largest absolute Gasteiger partial charge is 0.456 e. The zero-order chi connectivity index (χ0) is 19.4. The molecule has 2 aromatic rings. The van der Waals surface area contributed by atoms with Crippen molar-refractivity contribution in [2.75, 3.05) is 16.8 Å². The number of hydrogen-bond donors (Lipinski definition) is 1. The first kappa shape index (κ1) is 18.6. The van der Waals surface area contributed by atoms with E-state index in [9.17, 15) is 14.4 Å². The van der Waals surface area contributed by atoms with Crippen LogP contribution in [0.1, 0.15) is 44.3 Å². The minimum atomic E-state index is -0.553. The van der Waals surface area contributed by atoms with Gasteiger partial charge < -0.3 is 19.5 Å². The van der Waals surface area contributed by atoms with E-state index in [0.29, 0.717) is 17.2 Å². The molecule has 9 heteroatoms. The Morgan fingerprint density at radius 2 is 2.07 bits per heavy atom. The summed E-state index contributed by atoms with van der Waals surface area (Å²) in [5.41, 5.74) is 1.18. The molecule has 0 unspecified atom stereocenters. The summed E-state index contributed by atoms with van der Waals surface area (Å²) in [7, 11) is 0. The Morgan fingerprint density at radius 1 is 1.30 bits per heavy atom. The highest BCUT2D eigenvalue weighted by Crippen LogP contribution is 2.29. The maximum absolute atomic E-state index is 12.5. The smallest absolute Gasteiger partial charge is 0.306 e. The lowest BCUT2D eigenvalue weighted by Gasteiger charge is -2.29. The van der Waals surface area contributed by atoms with Crippen LogP contribution in [-0.4, -0.2) is 34.5 Å². The molecule has 27 heavy (non-hydrogen) atoms. The second-order valence-electron chi connectivity index (χ2n) is 6.41. The summed E-state index contributed by atoms with van der Waals surface area (Å²) in [5.74, 6) is -0.294. The van der Waals surface area contributed by atoms with Gasteiger partial charge in [-0.2, -0.15) is 4.98 Å². The molecule has 1 aromatic carbocycles. The monoisotopic (exact) mass is 372 g/mol. The SMILES string of the molecule is CC(C)c1noc(COC(=O)CCC(=O)N2CC(=O)Nc3ccccc32)n1. The zero-order valence-electron chi connectivity index (χ0n) is 15.1. The van der Waals surface area contributed by atoms with Crippen LogP contribution in [0.2, 0.25) is 0 Å². The van der Waals surface area contributed by atoms with Crippen LogP contribution in [0.15, 0.2) is 28.8 Å². The van der Waals surface area contributed by atoms with Crippen molar-refractivity contribution in [3.05, 3.63) is 36.0 Å². The maximum atomic E-state index is 12.5. The van der Waals surface area contributed by atoms with Crippen molar-refractivity contribution >= 4 is 29.2 Å². The van der Waals surface area contributed by atoms with E-state index < -0.39 is 5.97 Å². The number of ether oxygens (including phenoxy) is 1. The van der Waals surface area contributed by atoms with Gasteiger partial charge in [0.25, 0.3) is 5.89 Å². The lowest BCUT2D eigenvalue weighted by Crippen LogP contribution is -2.42. The van der Waals surface area contributed by atoms with E-state index in [1.54, 1.807) is 24.3 Å². The van der Waals surface area contributed by atoms with Gasteiger partial charge in [-0.25, -0.2) is 0 Å². The van der Waals surface area contributed by atoms with Crippen LogP contribution in [-0.2, 0) is 25.7 Å². The molecule has 0 atom stereocenters. The van der Waals surface area contributed by atoms with Gasteiger partial charge in [0.1, 0.15) is 6.54 Å². The number of hydrogen-bond acceptors (Lipinski definition) is 7. The highest BCUT2D eigenvalue weighted by molar-refractivity contribution is 6.10. The molecular formula is C18H20N4O5. The fourth-order valence-corrected chi connectivity index (χ4v) is 2.58. The van der Waals surface area contributed by atoms with Crippen LogP contribution in [0, 0.1) is 0 Å². The Balaban J connectivity index is 1.51. The molecule has 0 bridgehead atoms. The lowest BCUT2D eigenvalue weighted by molar-refractivity contribution is -0.146. The minimum Gasteiger partial charge on any atom is -0.456 e. The molecule has 0 saturated heterocycles. The van der Waals surface area contributed by atoms with Crippen molar-refractivity contribution in [2.45, 2.75) is 39.2 Å². The van der Waals surface area contributed by atoms with Gasteiger partial charge >= 0.3 is 5.97 Å². The fourth-order valence-electron chi connectivity index (χ4n) is 2.58. The van der Waals surface area contributed by atoms with E-state index in [-0.39, 0.29) is 49.6 Å². The van der Waals surface area contributed by atoms with E-state index in [1.165, 1.54) is 4.90 Å². The number of fused-ring (bicyclic) bond motifs is 1. The number of nitrogens with one attached hydrogen (secondary N) is 1. The lowest BCUT2D eigenvalue weighted by atomic mass is 10.1. The molecule has 1 aromatic heterocycles. The Bertz CT molecular complexity index is 861. The normalized spacial score (nSPS) is 13.3. The molecule has 0 aliphatic carbocycles. The van der Waals surface area contributed by atoms with Crippen LogP contribution in [0.3, 0.4) is 0 Å². The number of para-hydroxylation sites is 2. The molecule has 0 spiro atoms. The van der Waals surface area contributed by atoms with Gasteiger partial charge in [0.05, 0.1) is 17.8 Å². The molecule has 142 valence electrons. The molecule has 1 aliphatic heterocycles. The standard InChI is InChI=1S/C18H20N4O5/c1-11(2)18-20-15(27-21-18)10-26-17(25)8-7-16(24)22-9-14(23)19-12-5-3-4-6-13(12)22/h3-6,11H,7-10H2,1-2H3,(H,19,23). The van der Waals surface area contributed by atoms with Crippen molar-refractivity contribution in [1.82, 2.24) is 10.1 Å². The van der Waals surface area contributed by atoms with Gasteiger partial charge in [0.2, 0.25) is 11.8 Å². The first-order valence-electron chi connectivity index (χ1n) is 8.61. The molecule has 2 amide bonds. The average Bonchev–Trinajstić information content (AvgIpc) is 3.13.